The van der Waals surface area contributed by atoms with Crippen molar-refractivity contribution in [3.05, 3.63) is 35.4 Å². The summed E-state index contributed by atoms with van der Waals surface area (Å²) in [6, 6.07) is 9.98. The molecule has 2 N–H and O–H groups in total. The Kier molecular flexibility index (Phi) is 9.46. The van der Waals surface area contributed by atoms with Gasteiger partial charge in [0.1, 0.15) is 11.6 Å². The summed E-state index contributed by atoms with van der Waals surface area (Å²) in [6.07, 6.45) is 2.13. The molecule has 0 saturated carbocycles. The number of aliphatic hydroxyl groups is 1. The van der Waals surface area contributed by atoms with Crippen LogP contribution in [-0.2, 0) is 4.79 Å². The van der Waals surface area contributed by atoms with Crippen molar-refractivity contribution in [2.45, 2.75) is 53.1 Å². The maximum Gasteiger partial charge on any atom is 0.262 e. The predicted molar refractivity (Wildman–Crippen MR) is 107 cm³/mol. The molecule has 1 atom stereocenters. The molecular formula is C21H31N3O2. The Morgan fingerprint density at radius 1 is 1.19 bits per heavy atom. The summed E-state index contributed by atoms with van der Waals surface area (Å²) < 4.78 is 0. The van der Waals surface area contributed by atoms with Crippen molar-refractivity contribution in [2.75, 3.05) is 24.5 Å². The third-order valence-electron chi connectivity index (χ3n) is 4.34. The highest BCUT2D eigenvalue weighted by Gasteiger charge is 2.15. The van der Waals surface area contributed by atoms with Gasteiger partial charge in [-0.15, -0.1) is 0 Å². The third kappa shape index (κ3) is 6.20. The van der Waals surface area contributed by atoms with Gasteiger partial charge in [0.2, 0.25) is 0 Å². The molecule has 0 aromatic heterocycles. The van der Waals surface area contributed by atoms with Gasteiger partial charge in [0, 0.05) is 25.3 Å². The maximum absolute atomic E-state index is 12.2. The molecule has 0 aliphatic rings. The molecule has 1 rings (SSSR count). The normalized spacial score (nSPS) is 12.8. The van der Waals surface area contributed by atoms with E-state index in [0.717, 1.165) is 37.2 Å². The second kappa shape index (κ2) is 11.3. The SMILES string of the molecule is CCCN(CCC)c1ccc(/C(C)=C(\C#N)C(=O)NCC(O)CC)cc1. The molecule has 0 heterocycles. The van der Waals surface area contributed by atoms with Gasteiger partial charge in [-0.3, -0.25) is 4.79 Å². The molecule has 1 aromatic rings. The van der Waals surface area contributed by atoms with Crippen LogP contribution in [0.15, 0.2) is 29.8 Å². The Morgan fingerprint density at radius 3 is 2.23 bits per heavy atom. The lowest BCUT2D eigenvalue weighted by Crippen LogP contribution is -2.32. The van der Waals surface area contributed by atoms with E-state index >= 15 is 0 Å². The minimum Gasteiger partial charge on any atom is -0.391 e. The summed E-state index contributed by atoms with van der Waals surface area (Å²) >= 11 is 0. The first kappa shape index (κ1) is 21.7. The number of aliphatic hydroxyl groups excluding tert-OH is 1. The number of benzene rings is 1. The van der Waals surface area contributed by atoms with E-state index in [1.54, 1.807) is 6.92 Å². The zero-order valence-corrected chi connectivity index (χ0v) is 16.4. The molecule has 0 spiro atoms. The first-order valence-electron chi connectivity index (χ1n) is 9.40. The minimum atomic E-state index is -0.596. The van der Waals surface area contributed by atoms with Crippen LogP contribution in [0, 0.1) is 11.3 Å². The van der Waals surface area contributed by atoms with Crippen molar-refractivity contribution >= 4 is 17.2 Å². The van der Waals surface area contributed by atoms with E-state index in [4.69, 9.17) is 0 Å². The average Bonchev–Trinajstić information content (AvgIpc) is 2.66. The number of nitriles is 1. The van der Waals surface area contributed by atoms with Crippen LogP contribution in [0.2, 0.25) is 0 Å². The van der Waals surface area contributed by atoms with Gasteiger partial charge in [0.05, 0.1) is 6.10 Å². The Morgan fingerprint density at radius 2 is 1.77 bits per heavy atom. The first-order valence-corrected chi connectivity index (χ1v) is 9.40. The molecular weight excluding hydrogens is 326 g/mol. The van der Waals surface area contributed by atoms with Crippen molar-refractivity contribution in [3.63, 3.8) is 0 Å². The Balaban J connectivity index is 2.98. The maximum atomic E-state index is 12.2. The smallest absolute Gasteiger partial charge is 0.262 e. The molecule has 0 fully saturated rings. The fourth-order valence-corrected chi connectivity index (χ4v) is 2.72. The topological polar surface area (TPSA) is 76.4 Å². The number of rotatable bonds is 10. The molecule has 0 aliphatic carbocycles. The number of carbonyl (C=O) groups excluding carboxylic acids is 1. The fraction of sp³-hybridized carbons (Fsp3) is 0.524. The van der Waals surface area contributed by atoms with Gasteiger partial charge in [-0.05, 0) is 49.5 Å². The third-order valence-corrected chi connectivity index (χ3v) is 4.34. The van der Waals surface area contributed by atoms with E-state index in [1.165, 1.54) is 0 Å². The van der Waals surface area contributed by atoms with Crippen LogP contribution < -0.4 is 10.2 Å². The van der Waals surface area contributed by atoms with Gasteiger partial charge in [-0.1, -0.05) is 32.9 Å². The molecule has 0 saturated heterocycles. The molecule has 26 heavy (non-hydrogen) atoms. The number of nitrogens with one attached hydrogen (secondary N) is 1. The number of nitrogens with zero attached hydrogens (tertiary/aromatic N) is 2. The standard InChI is InChI=1S/C21H31N3O2/c1-5-12-24(13-6-2)18-10-8-17(9-11-18)16(4)20(14-22)21(26)23-15-19(25)7-3/h8-11,19,25H,5-7,12-13,15H2,1-4H3,(H,23,26)/b20-16+. The quantitative estimate of drug-likeness (QED) is 0.496. The van der Waals surface area contributed by atoms with E-state index in [9.17, 15) is 15.2 Å². The summed E-state index contributed by atoms with van der Waals surface area (Å²) in [6.45, 7) is 10.1. The van der Waals surface area contributed by atoms with E-state index in [1.807, 2.05) is 37.3 Å². The Labute approximate surface area is 157 Å². The highest BCUT2D eigenvalue weighted by molar-refractivity contribution is 6.04. The molecule has 1 amide bonds. The molecule has 142 valence electrons. The van der Waals surface area contributed by atoms with Gasteiger partial charge < -0.3 is 15.3 Å². The highest BCUT2D eigenvalue weighted by atomic mass is 16.3. The molecule has 0 radical (unpaired) electrons. The van der Waals surface area contributed by atoms with E-state index in [0.29, 0.717) is 12.0 Å². The summed E-state index contributed by atoms with van der Waals surface area (Å²) in [7, 11) is 0. The van der Waals surface area contributed by atoms with Crippen LogP contribution >= 0.6 is 0 Å². The summed E-state index contributed by atoms with van der Waals surface area (Å²) in [5.41, 5.74) is 2.73. The highest BCUT2D eigenvalue weighted by Crippen LogP contribution is 2.23. The monoisotopic (exact) mass is 357 g/mol. The minimum absolute atomic E-state index is 0.0834. The Bertz CT molecular complexity index is 638. The summed E-state index contributed by atoms with van der Waals surface area (Å²) in [4.78, 5) is 14.6. The number of amides is 1. The largest absolute Gasteiger partial charge is 0.391 e. The van der Waals surface area contributed by atoms with Crippen molar-refractivity contribution in [2.24, 2.45) is 0 Å². The van der Waals surface area contributed by atoms with E-state index < -0.39 is 12.0 Å². The van der Waals surface area contributed by atoms with E-state index in [2.05, 4.69) is 24.1 Å². The van der Waals surface area contributed by atoms with Crippen LogP contribution in [0.25, 0.3) is 5.57 Å². The molecule has 5 nitrogen and oxygen atoms in total. The zero-order valence-electron chi connectivity index (χ0n) is 16.4. The van der Waals surface area contributed by atoms with E-state index in [-0.39, 0.29) is 12.1 Å². The van der Waals surface area contributed by atoms with Gasteiger partial charge in [-0.2, -0.15) is 5.26 Å². The molecule has 0 aliphatic heterocycles. The lowest BCUT2D eigenvalue weighted by Gasteiger charge is -2.24. The second-order valence-electron chi connectivity index (χ2n) is 6.42. The van der Waals surface area contributed by atoms with Crippen LogP contribution in [0.3, 0.4) is 0 Å². The molecule has 1 unspecified atom stereocenters. The lowest BCUT2D eigenvalue weighted by atomic mass is 10.0. The molecule has 0 bridgehead atoms. The average molecular weight is 357 g/mol. The van der Waals surface area contributed by atoms with Gasteiger partial charge >= 0.3 is 0 Å². The van der Waals surface area contributed by atoms with Crippen LogP contribution in [0.5, 0.6) is 0 Å². The van der Waals surface area contributed by atoms with Crippen molar-refractivity contribution in [1.82, 2.24) is 5.32 Å². The summed E-state index contributed by atoms with van der Waals surface area (Å²) in [5, 5.41) is 21.6. The number of carbonyl (C=O) groups is 1. The number of allylic oxidation sites excluding steroid dienone is 1. The number of hydrogen-bond acceptors (Lipinski definition) is 4. The van der Waals surface area contributed by atoms with Gasteiger partial charge in [-0.25, -0.2) is 0 Å². The number of anilines is 1. The molecule has 5 heteroatoms. The zero-order chi connectivity index (χ0) is 19.5. The Hall–Kier alpha value is -2.32. The van der Waals surface area contributed by atoms with Crippen LogP contribution in [0.4, 0.5) is 5.69 Å². The van der Waals surface area contributed by atoms with Crippen molar-refractivity contribution < 1.29 is 9.90 Å². The summed E-state index contributed by atoms with van der Waals surface area (Å²) in [5.74, 6) is -0.444. The van der Waals surface area contributed by atoms with Crippen molar-refractivity contribution in [1.29, 1.82) is 5.26 Å². The first-order chi connectivity index (χ1) is 12.5. The number of hydrogen-bond donors (Lipinski definition) is 2. The lowest BCUT2D eigenvalue weighted by molar-refractivity contribution is -0.117. The van der Waals surface area contributed by atoms with Gasteiger partial charge in [0.15, 0.2) is 0 Å². The van der Waals surface area contributed by atoms with Crippen LogP contribution in [-0.4, -0.2) is 36.8 Å². The predicted octanol–water partition coefficient (Wildman–Crippen LogP) is 3.50. The molecule has 1 aromatic carbocycles. The van der Waals surface area contributed by atoms with Gasteiger partial charge in [0.25, 0.3) is 5.91 Å². The fourth-order valence-electron chi connectivity index (χ4n) is 2.72. The second-order valence-corrected chi connectivity index (χ2v) is 6.42. The van der Waals surface area contributed by atoms with Crippen molar-refractivity contribution in [3.8, 4) is 6.07 Å². The van der Waals surface area contributed by atoms with Crippen LogP contribution in [0.1, 0.15) is 52.5 Å².